The minimum atomic E-state index is -0.735. The summed E-state index contributed by atoms with van der Waals surface area (Å²) in [5, 5.41) is 18.9. The Labute approximate surface area is 213 Å². The molecule has 0 bridgehead atoms. The number of nitrogens with zero attached hydrogens (tertiary/aromatic N) is 2. The van der Waals surface area contributed by atoms with Crippen LogP contribution >= 0.6 is 0 Å². The van der Waals surface area contributed by atoms with Gasteiger partial charge in [-0.15, -0.1) is 0 Å². The Morgan fingerprint density at radius 2 is 1.29 bits per heavy atom. The third-order valence-corrected chi connectivity index (χ3v) is 6.89. The van der Waals surface area contributed by atoms with Crippen LogP contribution in [0.4, 0.5) is 0 Å². The zero-order valence-electron chi connectivity index (χ0n) is 20.1. The average Bonchev–Trinajstić information content (AvgIpc) is 3.74. The zero-order valence-corrected chi connectivity index (χ0v) is 20.1. The Hall–Kier alpha value is -3.12. The Kier molecular flexibility index (Phi) is 7.18. The van der Waals surface area contributed by atoms with Gasteiger partial charge in [-0.3, -0.25) is 9.59 Å². The molecule has 2 saturated carbocycles. The van der Waals surface area contributed by atoms with Crippen molar-refractivity contribution in [2.75, 3.05) is 7.11 Å². The smallest absolute Gasteiger partial charge is 0.870 e. The van der Waals surface area contributed by atoms with Crippen molar-refractivity contribution in [3.63, 3.8) is 0 Å². The summed E-state index contributed by atoms with van der Waals surface area (Å²) in [6, 6.07) is 11.3. The molecule has 2 N–H and O–H groups in total. The topological polar surface area (TPSA) is 146 Å². The molecular formula is C25H25LiN2O7. The quantitative estimate of drug-likeness (QED) is 0.344. The molecule has 4 aromatic rings. The third-order valence-electron chi connectivity index (χ3n) is 6.89. The predicted molar refractivity (Wildman–Crippen MR) is 121 cm³/mol. The van der Waals surface area contributed by atoms with Gasteiger partial charge in [-0.2, -0.15) is 0 Å². The summed E-state index contributed by atoms with van der Waals surface area (Å²) in [5.74, 6) is -0.882. The minimum Gasteiger partial charge on any atom is -0.870 e. The van der Waals surface area contributed by atoms with Crippen LogP contribution in [-0.2, 0) is 25.2 Å². The van der Waals surface area contributed by atoms with Crippen molar-refractivity contribution in [1.82, 2.24) is 10.3 Å². The number of fused-ring (bicyclic) bond motifs is 2. The molecule has 10 heteroatoms. The number of ether oxygens (including phenoxy) is 1. The minimum absolute atomic E-state index is 0. The van der Waals surface area contributed by atoms with Crippen molar-refractivity contribution in [1.29, 1.82) is 0 Å². The number of aliphatic carboxylic acids is 1. The Morgan fingerprint density at radius 3 is 1.66 bits per heavy atom. The maximum Gasteiger partial charge on any atom is 1.00 e. The summed E-state index contributed by atoms with van der Waals surface area (Å²) in [6.45, 7) is 3.75. The van der Waals surface area contributed by atoms with Crippen LogP contribution in [0.25, 0.3) is 21.9 Å². The fourth-order valence-corrected chi connectivity index (χ4v) is 4.40. The van der Waals surface area contributed by atoms with E-state index in [0.717, 1.165) is 64.6 Å². The Balaban J connectivity index is 0.000000185. The van der Waals surface area contributed by atoms with E-state index in [1.165, 1.54) is 7.11 Å². The third kappa shape index (κ3) is 4.36. The molecule has 0 saturated heterocycles. The van der Waals surface area contributed by atoms with Crippen molar-refractivity contribution < 1.29 is 52.8 Å². The number of carboxylic acids is 1. The van der Waals surface area contributed by atoms with Crippen molar-refractivity contribution >= 4 is 33.9 Å². The second-order valence-electron chi connectivity index (χ2n) is 8.92. The summed E-state index contributed by atoms with van der Waals surface area (Å²) in [6.07, 6.45) is 3.15. The molecule has 0 unspecified atom stereocenters. The molecule has 2 aliphatic carbocycles. The molecule has 0 spiro atoms. The Bertz CT molecular complexity index is 1400. The van der Waals surface area contributed by atoms with Crippen molar-refractivity contribution in [2.24, 2.45) is 0 Å². The number of carbonyl (C=O) groups is 2. The van der Waals surface area contributed by atoms with Gasteiger partial charge in [0.25, 0.3) is 0 Å². The first-order valence-corrected chi connectivity index (χ1v) is 10.9. The maximum absolute atomic E-state index is 11.8. The SMILES string of the molecule is COC(=O)C1(c2ccc3onc(C)c3c2)CC1.Cc1noc2ccc(C3(C(=O)O)CC3)cc12.[Li+].[OH-]. The van der Waals surface area contributed by atoms with Crippen LogP contribution in [-0.4, -0.2) is 39.9 Å². The summed E-state index contributed by atoms with van der Waals surface area (Å²) in [4.78, 5) is 23.0. The van der Waals surface area contributed by atoms with E-state index in [-0.39, 0.29) is 30.3 Å². The van der Waals surface area contributed by atoms with Crippen LogP contribution in [0.2, 0.25) is 0 Å². The first-order chi connectivity index (χ1) is 15.8. The first kappa shape index (κ1) is 26.5. The van der Waals surface area contributed by atoms with Gasteiger partial charge in [0, 0.05) is 10.8 Å². The number of hydrogen-bond acceptors (Lipinski definition) is 8. The van der Waals surface area contributed by atoms with Crippen LogP contribution < -0.4 is 18.9 Å². The fraction of sp³-hybridized carbons (Fsp3) is 0.360. The summed E-state index contributed by atoms with van der Waals surface area (Å²) >= 11 is 0. The molecule has 0 amide bonds. The van der Waals surface area contributed by atoms with Crippen LogP contribution in [0.1, 0.15) is 48.2 Å². The van der Waals surface area contributed by atoms with Crippen LogP contribution in [0.3, 0.4) is 0 Å². The number of benzene rings is 2. The standard InChI is InChI=1S/C13H13NO3.C12H11NO3.Li.H2O/c1-8-10-7-9(3-4-11(10)17-14-8)13(5-6-13)12(15)16-2;1-7-9-6-8(2-3-10(9)16-13-7)12(4-5-12)11(14)15;;/h3-4,7H,5-6H2,1-2H3;2-3,6H,4-5H2,1H3,(H,14,15);;1H2/q;;+1;/p-1. The average molecular weight is 472 g/mol. The van der Waals surface area contributed by atoms with E-state index in [4.69, 9.17) is 13.8 Å². The van der Waals surface area contributed by atoms with Gasteiger partial charge in [-0.05, 0) is 74.9 Å². The molecule has 2 aliphatic rings. The van der Waals surface area contributed by atoms with Gasteiger partial charge in [0.15, 0.2) is 11.2 Å². The van der Waals surface area contributed by atoms with E-state index < -0.39 is 16.8 Å². The monoisotopic (exact) mass is 472 g/mol. The molecule has 35 heavy (non-hydrogen) atoms. The maximum atomic E-state index is 11.8. The first-order valence-electron chi connectivity index (χ1n) is 10.9. The molecule has 178 valence electrons. The number of rotatable bonds is 4. The molecule has 2 fully saturated rings. The number of aromatic nitrogens is 2. The predicted octanol–water partition coefficient (Wildman–Crippen LogP) is 1.42. The molecule has 6 rings (SSSR count). The van der Waals surface area contributed by atoms with Gasteiger partial charge < -0.3 is 24.4 Å². The van der Waals surface area contributed by atoms with Gasteiger partial charge in [0.05, 0.1) is 29.3 Å². The summed E-state index contributed by atoms with van der Waals surface area (Å²) < 4.78 is 15.1. The fourth-order valence-electron chi connectivity index (χ4n) is 4.40. The van der Waals surface area contributed by atoms with E-state index >= 15 is 0 Å². The Morgan fingerprint density at radius 1 is 0.857 bits per heavy atom. The number of carbonyl (C=O) groups excluding carboxylic acids is 1. The van der Waals surface area contributed by atoms with Crippen LogP contribution in [0.5, 0.6) is 0 Å². The summed E-state index contributed by atoms with van der Waals surface area (Å²) in [5.41, 5.74) is 3.90. The molecule has 0 atom stereocenters. The van der Waals surface area contributed by atoms with Crippen molar-refractivity contribution in [3.8, 4) is 0 Å². The molecule has 0 aliphatic heterocycles. The zero-order chi connectivity index (χ0) is 23.4. The molecule has 2 aromatic carbocycles. The van der Waals surface area contributed by atoms with E-state index in [0.29, 0.717) is 5.58 Å². The van der Waals surface area contributed by atoms with E-state index in [2.05, 4.69) is 10.3 Å². The van der Waals surface area contributed by atoms with Crippen LogP contribution in [0, 0.1) is 13.8 Å². The van der Waals surface area contributed by atoms with Crippen molar-refractivity contribution in [3.05, 3.63) is 58.9 Å². The van der Waals surface area contributed by atoms with E-state index in [9.17, 15) is 14.7 Å². The van der Waals surface area contributed by atoms with Gasteiger partial charge >= 0.3 is 30.8 Å². The number of aryl methyl sites for hydroxylation is 2. The molecule has 2 aromatic heterocycles. The van der Waals surface area contributed by atoms with Gasteiger partial charge in [-0.25, -0.2) is 0 Å². The molecule has 0 radical (unpaired) electrons. The number of hydrogen-bond donors (Lipinski definition) is 1. The largest absolute Gasteiger partial charge is 1.00 e. The van der Waals surface area contributed by atoms with Gasteiger partial charge in [0.1, 0.15) is 0 Å². The van der Waals surface area contributed by atoms with E-state index in [1.807, 2.05) is 44.2 Å². The number of esters is 1. The second-order valence-corrected chi connectivity index (χ2v) is 8.92. The normalized spacial score (nSPS) is 16.3. The number of methoxy groups -OCH3 is 1. The van der Waals surface area contributed by atoms with Gasteiger partial charge in [0.2, 0.25) is 0 Å². The molecular weight excluding hydrogens is 447 g/mol. The second kappa shape index (κ2) is 9.50. The van der Waals surface area contributed by atoms with Gasteiger partial charge in [-0.1, -0.05) is 22.4 Å². The molecule has 2 heterocycles. The molecule has 9 nitrogen and oxygen atoms in total. The van der Waals surface area contributed by atoms with Crippen molar-refractivity contribution in [2.45, 2.75) is 50.4 Å². The summed E-state index contributed by atoms with van der Waals surface area (Å²) in [7, 11) is 1.44. The van der Waals surface area contributed by atoms with E-state index in [1.54, 1.807) is 6.07 Å². The number of carboxylic acid groups (broad SMARTS) is 1. The van der Waals surface area contributed by atoms with Crippen LogP contribution in [0.15, 0.2) is 45.4 Å².